The number of carbonyl (C=O) groups is 1. The van der Waals surface area contributed by atoms with Gasteiger partial charge in [-0.3, -0.25) is 25.3 Å². The van der Waals surface area contributed by atoms with Gasteiger partial charge in [0, 0.05) is 5.56 Å². The number of hydrogen-bond donors (Lipinski definition) is 2. The van der Waals surface area contributed by atoms with Gasteiger partial charge < -0.3 is 0 Å². The fourth-order valence-electron chi connectivity index (χ4n) is 1.46. The van der Waals surface area contributed by atoms with Crippen molar-refractivity contribution >= 4 is 39.5 Å². The molecule has 2 N–H and O–H groups in total. The third kappa shape index (κ3) is 2.47. The molecule has 0 atom stereocenters. The minimum Gasteiger partial charge on any atom is -0.296 e. The van der Waals surface area contributed by atoms with Crippen molar-refractivity contribution in [2.45, 2.75) is 0 Å². The summed E-state index contributed by atoms with van der Waals surface area (Å²) >= 11 is 0.764. The zero-order chi connectivity index (χ0) is 14.7. The number of aromatic nitrogens is 3. The maximum absolute atomic E-state index is 12.0. The summed E-state index contributed by atoms with van der Waals surface area (Å²) in [5.74, 6) is -0.534. The van der Waals surface area contributed by atoms with E-state index in [1.165, 1.54) is 12.2 Å². The molecule has 0 aliphatic carbocycles. The highest BCUT2D eigenvalue weighted by Gasteiger charge is 2.19. The number of thiazole rings is 1. The SMILES string of the molecule is C=Cc1[nH]nc(C(=O)Nc2ncc([N+](=O)[O-])s2)c1C=C. The van der Waals surface area contributed by atoms with E-state index in [9.17, 15) is 14.9 Å². The lowest BCUT2D eigenvalue weighted by Gasteiger charge is -1.99. The number of anilines is 1. The third-order valence-electron chi connectivity index (χ3n) is 2.35. The molecule has 0 fully saturated rings. The second-order valence-corrected chi connectivity index (χ2v) is 4.53. The number of nitrogens with one attached hydrogen (secondary N) is 2. The summed E-state index contributed by atoms with van der Waals surface area (Å²) in [5.41, 5.74) is 1.19. The quantitative estimate of drug-likeness (QED) is 0.648. The molecule has 0 radical (unpaired) electrons. The predicted molar refractivity (Wildman–Crippen MR) is 75.5 cm³/mol. The minimum atomic E-state index is -0.577. The van der Waals surface area contributed by atoms with E-state index >= 15 is 0 Å². The molecule has 0 aromatic carbocycles. The average molecular weight is 291 g/mol. The Bertz CT molecular complexity index is 703. The highest BCUT2D eigenvalue weighted by Crippen LogP contribution is 2.25. The van der Waals surface area contributed by atoms with Crippen LogP contribution in [0, 0.1) is 10.1 Å². The summed E-state index contributed by atoms with van der Waals surface area (Å²) in [6, 6.07) is 0. The van der Waals surface area contributed by atoms with Crippen molar-refractivity contribution in [3.05, 3.63) is 46.4 Å². The maximum Gasteiger partial charge on any atom is 0.345 e. The molecular formula is C11H9N5O3S. The van der Waals surface area contributed by atoms with Gasteiger partial charge in [-0.25, -0.2) is 4.98 Å². The van der Waals surface area contributed by atoms with Crippen LogP contribution >= 0.6 is 11.3 Å². The van der Waals surface area contributed by atoms with Gasteiger partial charge in [0.05, 0.1) is 10.6 Å². The second-order valence-electron chi connectivity index (χ2n) is 3.52. The van der Waals surface area contributed by atoms with Gasteiger partial charge in [-0.05, 0) is 17.4 Å². The van der Waals surface area contributed by atoms with E-state index in [0.717, 1.165) is 17.5 Å². The number of amides is 1. The van der Waals surface area contributed by atoms with Crippen molar-refractivity contribution in [3.8, 4) is 0 Å². The minimum absolute atomic E-state index is 0.118. The molecule has 0 aliphatic heterocycles. The lowest BCUT2D eigenvalue weighted by atomic mass is 10.1. The van der Waals surface area contributed by atoms with Crippen LogP contribution in [0.1, 0.15) is 21.7 Å². The first-order valence-electron chi connectivity index (χ1n) is 5.31. The number of nitrogens with zero attached hydrogens (tertiary/aromatic N) is 3. The zero-order valence-electron chi connectivity index (χ0n) is 10.1. The van der Waals surface area contributed by atoms with Crippen molar-refractivity contribution in [2.24, 2.45) is 0 Å². The van der Waals surface area contributed by atoms with Crippen molar-refractivity contribution in [2.75, 3.05) is 5.32 Å². The van der Waals surface area contributed by atoms with E-state index in [4.69, 9.17) is 0 Å². The summed E-state index contributed by atoms with van der Waals surface area (Å²) < 4.78 is 0. The lowest BCUT2D eigenvalue weighted by Crippen LogP contribution is -2.13. The molecule has 2 aromatic heterocycles. The topological polar surface area (TPSA) is 114 Å². The Kier molecular flexibility index (Phi) is 3.71. The highest BCUT2D eigenvalue weighted by molar-refractivity contribution is 7.18. The molecule has 2 aromatic rings. The van der Waals surface area contributed by atoms with Crippen molar-refractivity contribution in [1.82, 2.24) is 15.2 Å². The highest BCUT2D eigenvalue weighted by atomic mass is 32.1. The van der Waals surface area contributed by atoms with Gasteiger partial charge >= 0.3 is 5.00 Å². The largest absolute Gasteiger partial charge is 0.345 e. The van der Waals surface area contributed by atoms with Crippen LogP contribution in [0.2, 0.25) is 0 Å². The van der Waals surface area contributed by atoms with Crippen LogP contribution in [0.3, 0.4) is 0 Å². The predicted octanol–water partition coefficient (Wildman–Crippen LogP) is 2.31. The molecule has 2 heterocycles. The molecule has 0 unspecified atom stereocenters. The molecule has 1 amide bonds. The molecular weight excluding hydrogens is 282 g/mol. The Hall–Kier alpha value is -2.81. The van der Waals surface area contributed by atoms with Crippen LogP contribution in [0.5, 0.6) is 0 Å². The van der Waals surface area contributed by atoms with Crippen LogP contribution in [-0.2, 0) is 0 Å². The number of H-pyrrole nitrogens is 1. The van der Waals surface area contributed by atoms with Crippen LogP contribution in [0.25, 0.3) is 12.2 Å². The summed E-state index contributed by atoms with van der Waals surface area (Å²) in [4.78, 5) is 25.7. The van der Waals surface area contributed by atoms with Gasteiger partial charge in [0.2, 0.25) is 0 Å². The molecule has 0 saturated heterocycles. The number of nitro groups is 1. The Morgan fingerprint density at radius 3 is 2.80 bits per heavy atom. The van der Waals surface area contributed by atoms with E-state index < -0.39 is 10.8 Å². The van der Waals surface area contributed by atoms with E-state index in [2.05, 4.69) is 33.7 Å². The van der Waals surface area contributed by atoms with Gasteiger partial charge in [-0.2, -0.15) is 5.10 Å². The first-order chi connectivity index (χ1) is 9.56. The average Bonchev–Trinajstić information content (AvgIpc) is 3.03. The smallest absolute Gasteiger partial charge is 0.296 e. The van der Waals surface area contributed by atoms with Gasteiger partial charge in [0.1, 0.15) is 6.20 Å². The first kappa shape index (κ1) is 13.6. The lowest BCUT2D eigenvalue weighted by molar-refractivity contribution is -0.380. The summed E-state index contributed by atoms with van der Waals surface area (Å²) in [6.45, 7) is 7.18. The third-order valence-corrected chi connectivity index (χ3v) is 3.22. The van der Waals surface area contributed by atoms with Crippen molar-refractivity contribution in [3.63, 3.8) is 0 Å². The Morgan fingerprint density at radius 1 is 1.50 bits per heavy atom. The van der Waals surface area contributed by atoms with E-state index in [1.54, 1.807) is 0 Å². The number of carbonyl (C=O) groups excluding carboxylic acids is 1. The Morgan fingerprint density at radius 2 is 2.25 bits per heavy atom. The Labute approximate surface area is 117 Å². The monoisotopic (exact) mass is 291 g/mol. The molecule has 0 saturated carbocycles. The molecule has 2 rings (SSSR count). The molecule has 8 nitrogen and oxygen atoms in total. The van der Waals surface area contributed by atoms with Gasteiger partial charge in [-0.15, -0.1) is 0 Å². The standard InChI is InChI=1S/C11H9N5O3S/c1-3-6-7(4-2)14-15-9(6)10(17)13-11-12-5-8(20-11)16(18)19/h3-5H,1-2H2,(H,14,15)(H,12,13,17). The molecule has 0 spiro atoms. The van der Waals surface area contributed by atoms with Crippen LogP contribution in [0.15, 0.2) is 19.4 Å². The zero-order valence-corrected chi connectivity index (χ0v) is 10.9. The van der Waals surface area contributed by atoms with Crippen molar-refractivity contribution in [1.29, 1.82) is 0 Å². The summed E-state index contributed by atoms with van der Waals surface area (Å²) in [7, 11) is 0. The molecule has 20 heavy (non-hydrogen) atoms. The second kappa shape index (κ2) is 5.45. The van der Waals surface area contributed by atoms with Gasteiger partial charge in [0.15, 0.2) is 10.8 Å². The summed E-state index contributed by atoms with van der Waals surface area (Å²) in [5, 5.41) is 19.4. The van der Waals surface area contributed by atoms with E-state index in [1.807, 2.05) is 0 Å². The van der Waals surface area contributed by atoms with Crippen molar-refractivity contribution < 1.29 is 9.72 Å². The number of aromatic amines is 1. The first-order valence-corrected chi connectivity index (χ1v) is 6.13. The Balaban J connectivity index is 2.23. The van der Waals surface area contributed by atoms with Gasteiger partial charge in [-0.1, -0.05) is 19.2 Å². The normalized spacial score (nSPS) is 10.0. The molecule has 0 bridgehead atoms. The van der Waals surface area contributed by atoms with Crippen LogP contribution in [0.4, 0.5) is 10.1 Å². The van der Waals surface area contributed by atoms with Gasteiger partial charge in [0.25, 0.3) is 5.91 Å². The maximum atomic E-state index is 12.0. The molecule has 0 aliphatic rings. The molecule has 102 valence electrons. The molecule has 9 heteroatoms. The van der Waals surface area contributed by atoms with E-state index in [0.29, 0.717) is 11.3 Å². The number of hydrogen-bond acceptors (Lipinski definition) is 6. The number of rotatable bonds is 5. The fraction of sp³-hybridized carbons (Fsp3) is 0. The van der Waals surface area contributed by atoms with Crippen LogP contribution < -0.4 is 5.32 Å². The summed E-state index contributed by atoms with van der Waals surface area (Å²) in [6.07, 6.45) is 4.06. The van der Waals surface area contributed by atoms with Crippen LogP contribution in [-0.4, -0.2) is 26.0 Å². The van der Waals surface area contributed by atoms with E-state index in [-0.39, 0.29) is 15.8 Å². The fourth-order valence-corrected chi connectivity index (χ4v) is 2.09.